The predicted molar refractivity (Wildman–Crippen MR) is 50.9 cm³/mol. The minimum Gasteiger partial charge on any atom is -0.332 e. The van der Waals surface area contributed by atoms with E-state index in [1.807, 2.05) is 25.5 Å². The Kier molecular flexibility index (Phi) is 3.54. The quantitative estimate of drug-likeness (QED) is 0.725. The number of hydrogen-bond donors (Lipinski definition) is 1. The second-order valence-electron chi connectivity index (χ2n) is 2.53. The predicted octanol–water partition coefficient (Wildman–Crippen LogP) is 1.14. The molecule has 0 saturated carbocycles. The molecule has 0 atom stereocenters. The Hall–Kier alpha value is -1.09. The molecule has 1 rings (SSSR count). The van der Waals surface area contributed by atoms with Crippen LogP contribution in [0.5, 0.6) is 0 Å². The number of nitrogens with one attached hydrogen (secondary N) is 1. The van der Waals surface area contributed by atoms with E-state index in [-0.39, 0.29) is 0 Å². The molecule has 1 heterocycles. The maximum Gasteiger partial charge on any atom is 0.132 e. The summed E-state index contributed by atoms with van der Waals surface area (Å²) in [6, 6.07) is 0. The van der Waals surface area contributed by atoms with Crippen molar-refractivity contribution in [2.45, 2.75) is 13.5 Å². The van der Waals surface area contributed by atoms with Crippen molar-refractivity contribution in [2.24, 2.45) is 0 Å². The Morgan fingerprint density at radius 1 is 1.67 bits per heavy atom. The lowest BCUT2D eigenvalue weighted by atomic mass is 10.4. The fourth-order valence-electron chi connectivity index (χ4n) is 1.03. The van der Waals surface area contributed by atoms with Gasteiger partial charge in [-0.25, -0.2) is 4.98 Å². The topological polar surface area (TPSA) is 29.9 Å². The number of imidazole rings is 1. The van der Waals surface area contributed by atoms with Gasteiger partial charge in [-0.1, -0.05) is 6.08 Å². The average molecular weight is 165 g/mol. The highest BCUT2D eigenvalue weighted by molar-refractivity contribution is 5.40. The zero-order valence-corrected chi connectivity index (χ0v) is 7.62. The number of aryl methyl sites for hydroxylation is 1. The summed E-state index contributed by atoms with van der Waals surface area (Å²) in [5.74, 6) is 1.02. The Bertz CT molecular complexity index is 250. The van der Waals surface area contributed by atoms with Crippen LogP contribution in [-0.4, -0.2) is 23.1 Å². The molecule has 66 valence electrons. The van der Waals surface area contributed by atoms with E-state index in [0.717, 1.165) is 18.9 Å². The summed E-state index contributed by atoms with van der Waals surface area (Å²) in [6.45, 7) is 3.97. The maximum absolute atomic E-state index is 4.21. The van der Waals surface area contributed by atoms with Crippen molar-refractivity contribution in [3.8, 4) is 0 Å². The molecule has 1 aromatic heterocycles. The maximum atomic E-state index is 4.21. The van der Waals surface area contributed by atoms with Crippen molar-refractivity contribution in [3.05, 3.63) is 24.3 Å². The average Bonchev–Trinajstić information content (AvgIpc) is 2.52. The van der Waals surface area contributed by atoms with Crippen LogP contribution in [0.4, 0.5) is 0 Å². The normalized spacial score (nSPS) is 11.2. The number of rotatable bonds is 4. The van der Waals surface area contributed by atoms with Crippen molar-refractivity contribution in [1.82, 2.24) is 14.9 Å². The van der Waals surface area contributed by atoms with Crippen molar-refractivity contribution < 1.29 is 0 Å². The van der Waals surface area contributed by atoms with Gasteiger partial charge in [0.15, 0.2) is 0 Å². The van der Waals surface area contributed by atoms with Gasteiger partial charge in [-0.3, -0.25) is 0 Å². The van der Waals surface area contributed by atoms with Gasteiger partial charge in [-0.2, -0.15) is 0 Å². The summed E-state index contributed by atoms with van der Waals surface area (Å²) in [6.07, 6.45) is 7.90. The first-order valence-electron chi connectivity index (χ1n) is 4.20. The Labute approximate surface area is 73.1 Å². The van der Waals surface area contributed by atoms with E-state index in [9.17, 15) is 0 Å². The van der Waals surface area contributed by atoms with Gasteiger partial charge in [0.25, 0.3) is 0 Å². The van der Waals surface area contributed by atoms with Crippen LogP contribution < -0.4 is 5.32 Å². The molecule has 0 fully saturated rings. The highest BCUT2D eigenvalue weighted by atomic mass is 15.0. The molecule has 0 saturated heterocycles. The largest absolute Gasteiger partial charge is 0.332 e. The van der Waals surface area contributed by atoms with Gasteiger partial charge in [-0.15, -0.1) is 0 Å². The van der Waals surface area contributed by atoms with Gasteiger partial charge in [0.2, 0.25) is 0 Å². The zero-order valence-electron chi connectivity index (χ0n) is 7.62. The van der Waals surface area contributed by atoms with Crippen molar-refractivity contribution in [3.63, 3.8) is 0 Å². The Morgan fingerprint density at radius 3 is 3.17 bits per heavy atom. The van der Waals surface area contributed by atoms with Crippen molar-refractivity contribution >= 4 is 6.08 Å². The van der Waals surface area contributed by atoms with E-state index < -0.39 is 0 Å². The van der Waals surface area contributed by atoms with E-state index >= 15 is 0 Å². The van der Waals surface area contributed by atoms with Gasteiger partial charge in [-0.05, 0) is 20.0 Å². The van der Waals surface area contributed by atoms with Gasteiger partial charge < -0.3 is 9.88 Å². The van der Waals surface area contributed by atoms with E-state index in [4.69, 9.17) is 0 Å². The van der Waals surface area contributed by atoms with Crippen LogP contribution >= 0.6 is 0 Å². The molecule has 12 heavy (non-hydrogen) atoms. The molecule has 0 aliphatic carbocycles. The van der Waals surface area contributed by atoms with Gasteiger partial charge >= 0.3 is 0 Å². The standard InChI is InChI=1S/C9H15N3/c1-3-12-8-7-11-9(12)5-4-6-10-2/h4-5,7-8,10H,3,6H2,1-2H3. The second kappa shape index (κ2) is 4.72. The molecular formula is C9H15N3. The summed E-state index contributed by atoms with van der Waals surface area (Å²) in [5.41, 5.74) is 0. The van der Waals surface area contributed by atoms with E-state index in [1.165, 1.54) is 0 Å². The minimum absolute atomic E-state index is 0.885. The van der Waals surface area contributed by atoms with Crippen LogP contribution in [0, 0.1) is 0 Å². The van der Waals surface area contributed by atoms with Crippen LogP contribution in [0.25, 0.3) is 6.08 Å². The molecule has 1 N–H and O–H groups in total. The monoisotopic (exact) mass is 165 g/mol. The van der Waals surface area contributed by atoms with Crippen LogP contribution in [-0.2, 0) is 6.54 Å². The van der Waals surface area contributed by atoms with Crippen molar-refractivity contribution in [2.75, 3.05) is 13.6 Å². The first-order valence-corrected chi connectivity index (χ1v) is 4.20. The molecular weight excluding hydrogens is 150 g/mol. The Morgan fingerprint density at radius 2 is 2.50 bits per heavy atom. The molecule has 0 aromatic carbocycles. The first-order chi connectivity index (χ1) is 5.88. The number of aromatic nitrogens is 2. The molecule has 0 radical (unpaired) electrons. The lowest BCUT2D eigenvalue weighted by molar-refractivity contribution is 0.752. The fraction of sp³-hybridized carbons (Fsp3) is 0.444. The highest BCUT2D eigenvalue weighted by Gasteiger charge is 1.93. The van der Waals surface area contributed by atoms with E-state index in [0.29, 0.717) is 0 Å². The summed E-state index contributed by atoms with van der Waals surface area (Å²) >= 11 is 0. The second-order valence-corrected chi connectivity index (χ2v) is 2.53. The lowest BCUT2D eigenvalue weighted by Crippen LogP contribution is -2.04. The highest BCUT2D eigenvalue weighted by Crippen LogP contribution is 1.98. The van der Waals surface area contributed by atoms with Crippen LogP contribution in [0.15, 0.2) is 18.5 Å². The summed E-state index contributed by atoms with van der Waals surface area (Å²) in [7, 11) is 1.93. The molecule has 3 nitrogen and oxygen atoms in total. The van der Waals surface area contributed by atoms with Crippen LogP contribution in [0.3, 0.4) is 0 Å². The fourth-order valence-corrected chi connectivity index (χ4v) is 1.03. The SMILES string of the molecule is CCn1ccnc1C=CCNC. The number of nitrogens with zero attached hydrogens (tertiary/aromatic N) is 2. The Balaban J connectivity index is 2.61. The van der Waals surface area contributed by atoms with Gasteiger partial charge in [0.05, 0.1) is 0 Å². The molecule has 1 aromatic rings. The number of hydrogen-bond acceptors (Lipinski definition) is 2. The third-order valence-electron chi connectivity index (χ3n) is 1.68. The van der Waals surface area contributed by atoms with E-state index in [1.54, 1.807) is 0 Å². The van der Waals surface area contributed by atoms with Crippen LogP contribution in [0.2, 0.25) is 0 Å². The summed E-state index contributed by atoms with van der Waals surface area (Å²) in [4.78, 5) is 4.21. The smallest absolute Gasteiger partial charge is 0.132 e. The van der Waals surface area contributed by atoms with Crippen LogP contribution in [0.1, 0.15) is 12.7 Å². The first kappa shape index (κ1) is 9.00. The minimum atomic E-state index is 0.885. The van der Waals surface area contributed by atoms with Gasteiger partial charge in [0.1, 0.15) is 5.82 Å². The molecule has 3 heteroatoms. The summed E-state index contributed by atoms with van der Waals surface area (Å²) in [5, 5.41) is 3.04. The molecule has 0 unspecified atom stereocenters. The number of likely N-dealkylation sites (N-methyl/N-ethyl adjacent to an activating group) is 1. The van der Waals surface area contributed by atoms with Gasteiger partial charge in [0, 0.05) is 25.5 Å². The van der Waals surface area contributed by atoms with Crippen molar-refractivity contribution in [1.29, 1.82) is 0 Å². The molecule has 0 amide bonds. The lowest BCUT2D eigenvalue weighted by Gasteiger charge is -1.98. The third kappa shape index (κ3) is 2.20. The third-order valence-corrected chi connectivity index (χ3v) is 1.68. The molecule has 0 aliphatic rings. The summed E-state index contributed by atoms with van der Waals surface area (Å²) < 4.78 is 2.10. The molecule has 0 spiro atoms. The molecule has 0 aliphatic heterocycles. The van der Waals surface area contributed by atoms with E-state index in [2.05, 4.69) is 27.9 Å². The zero-order chi connectivity index (χ0) is 8.81. The molecule has 0 bridgehead atoms.